The third kappa shape index (κ3) is 1.91. The van der Waals surface area contributed by atoms with Gasteiger partial charge in [-0.25, -0.2) is 4.68 Å². The molecule has 1 fully saturated rings. The number of nitrogens with zero attached hydrogens (tertiary/aromatic N) is 4. The van der Waals surface area contributed by atoms with Crippen molar-refractivity contribution < 1.29 is 0 Å². The zero-order chi connectivity index (χ0) is 13.4. The number of aromatic nitrogens is 3. The molecule has 1 aromatic heterocycles. The van der Waals surface area contributed by atoms with Crippen LogP contribution in [0.1, 0.15) is 47.7 Å². The van der Waals surface area contributed by atoms with Gasteiger partial charge < -0.3 is 0 Å². The van der Waals surface area contributed by atoms with Gasteiger partial charge in [-0.15, -0.1) is 5.10 Å². The molecule has 0 aliphatic heterocycles. The monoisotopic (exact) mass is 252 g/mol. The Morgan fingerprint density at radius 1 is 1.32 bits per heavy atom. The molecule has 4 heteroatoms. The van der Waals surface area contributed by atoms with Crippen LogP contribution in [0.4, 0.5) is 0 Å². The fourth-order valence-electron chi connectivity index (χ4n) is 2.54. The van der Waals surface area contributed by atoms with E-state index in [1.165, 1.54) is 12.0 Å². The van der Waals surface area contributed by atoms with Crippen molar-refractivity contribution >= 4 is 0 Å². The van der Waals surface area contributed by atoms with E-state index in [1.54, 1.807) is 0 Å². The normalized spacial score (nSPS) is 15.0. The quantitative estimate of drug-likeness (QED) is 0.825. The second-order valence-electron chi connectivity index (χ2n) is 5.26. The number of rotatable bonds is 2. The van der Waals surface area contributed by atoms with E-state index in [4.69, 9.17) is 0 Å². The molecule has 1 aromatic carbocycles. The van der Waals surface area contributed by atoms with Gasteiger partial charge in [0.2, 0.25) is 0 Å². The molecule has 96 valence electrons. The van der Waals surface area contributed by atoms with Crippen LogP contribution in [0, 0.1) is 25.2 Å². The molecule has 4 nitrogen and oxygen atoms in total. The van der Waals surface area contributed by atoms with E-state index in [9.17, 15) is 5.26 Å². The van der Waals surface area contributed by atoms with Gasteiger partial charge in [0.15, 0.2) is 5.69 Å². The Labute approximate surface area is 112 Å². The molecule has 19 heavy (non-hydrogen) atoms. The zero-order valence-corrected chi connectivity index (χ0v) is 11.2. The molecule has 0 spiro atoms. The third-order valence-electron chi connectivity index (χ3n) is 3.90. The Balaban J connectivity index is 2.17. The maximum Gasteiger partial charge on any atom is 0.186 e. The summed E-state index contributed by atoms with van der Waals surface area (Å²) >= 11 is 0. The average molecular weight is 252 g/mol. The number of nitriles is 1. The van der Waals surface area contributed by atoms with E-state index in [2.05, 4.69) is 48.4 Å². The molecule has 3 rings (SSSR count). The van der Waals surface area contributed by atoms with Crippen LogP contribution in [0.2, 0.25) is 0 Å². The number of hydrogen-bond acceptors (Lipinski definition) is 3. The maximum absolute atomic E-state index is 9.21. The Bertz CT molecular complexity index is 659. The highest BCUT2D eigenvalue weighted by atomic mass is 15.4. The molecule has 0 bridgehead atoms. The van der Waals surface area contributed by atoms with Gasteiger partial charge in [-0.1, -0.05) is 23.8 Å². The summed E-state index contributed by atoms with van der Waals surface area (Å²) in [7, 11) is 0. The first-order valence-electron chi connectivity index (χ1n) is 6.64. The summed E-state index contributed by atoms with van der Waals surface area (Å²) in [6, 6.07) is 8.45. The van der Waals surface area contributed by atoms with Crippen molar-refractivity contribution in [2.45, 2.75) is 39.0 Å². The van der Waals surface area contributed by atoms with Gasteiger partial charge in [0, 0.05) is 5.92 Å². The van der Waals surface area contributed by atoms with Crippen LogP contribution in [0.25, 0.3) is 5.69 Å². The van der Waals surface area contributed by atoms with E-state index in [1.807, 2.05) is 4.68 Å². The van der Waals surface area contributed by atoms with Crippen LogP contribution in [0.15, 0.2) is 18.2 Å². The van der Waals surface area contributed by atoms with Crippen LogP contribution in [0.3, 0.4) is 0 Å². The summed E-state index contributed by atoms with van der Waals surface area (Å²) in [5, 5.41) is 17.4. The zero-order valence-electron chi connectivity index (χ0n) is 11.2. The fraction of sp³-hybridized carbons (Fsp3) is 0.400. The first-order chi connectivity index (χ1) is 9.20. The molecule has 0 radical (unpaired) electrons. The van der Waals surface area contributed by atoms with E-state index < -0.39 is 0 Å². The van der Waals surface area contributed by atoms with Crippen LogP contribution < -0.4 is 0 Å². The number of hydrogen-bond donors (Lipinski definition) is 0. The molecular weight excluding hydrogens is 236 g/mol. The molecule has 0 atom stereocenters. The van der Waals surface area contributed by atoms with Crippen molar-refractivity contribution in [3.63, 3.8) is 0 Å². The Morgan fingerprint density at radius 3 is 2.74 bits per heavy atom. The minimum atomic E-state index is 0.435. The SMILES string of the molecule is Cc1ccc(C)c(-n2nnc(C#N)c2C2CCC2)c1. The minimum absolute atomic E-state index is 0.435. The second kappa shape index (κ2) is 4.51. The van der Waals surface area contributed by atoms with Gasteiger partial charge in [0.1, 0.15) is 6.07 Å². The standard InChI is InChI=1S/C15H16N4/c1-10-6-7-11(2)14(8-10)19-15(12-4-3-5-12)13(9-16)17-18-19/h6-8,12H,3-5H2,1-2H3. The predicted octanol–water partition coefficient (Wildman–Crippen LogP) is 3.02. The van der Waals surface area contributed by atoms with Gasteiger partial charge in [0.25, 0.3) is 0 Å². The van der Waals surface area contributed by atoms with Crippen LogP contribution in [-0.4, -0.2) is 15.0 Å². The van der Waals surface area contributed by atoms with Gasteiger partial charge >= 0.3 is 0 Å². The molecule has 0 amide bonds. The van der Waals surface area contributed by atoms with Crippen LogP contribution in [-0.2, 0) is 0 Å². The molecule has 2 aromatic rings. The van der Waals surface area contributed by atoms with Crippen LogP contribution in [0.5, 0.6) is 0 Å². The van der Waals surface area contributed by atoms with E-state index in [0.29, 0.717) is 11.6 Å². The molecule has 1 aliphatic rings. The first-order valence-corrected chi connectivity index (χ1v) is 6.64. The topological polar surface area (TPSA) is 54.5 Å². The third-order valence-corrected chi connectivity index (χ3v) is 3.90. The smallest absolute Gasteiger partial charge is 0.186 e. The number of aryl methyl sites for hydroxylation is 2. The average Bonchev–Trinajstić information content (AvgIpc) is 2.74. The molecule has 1 saturated carbocycles. The van der Waals surface area contributed by atoms with Gasteiger partial charge in [0.05, 0.1) is 11.4 Å². The van der Waals surface area contributed by atoms with Crippen LogP contribution >= 0.6 is 0 Å². The summed E-state index contributed by atoms with van der Waals surface area (Å²) in [6.07, 6.45) is 3.49. The molecular formula is C15H16N4. The lowest BCUT2D eigenvalue weighted by atomic mass is 9.82. The lowest BCUT2D eigenvalue weighted by Crippen LogP contribution is -2.16. The maximum atomic E-state index is 9.21. The number of benzene rings is 1. The van der Waals surface area contributed by atoms with Crippen molar-refractivity contribution in [2.75, 3.05) is 0 Å². The van der Waals surface area contributed by atoms with E-state index >= 15 is 0 Å². The first kappa shape index (κ1) is 11.9. The highest BCUT2D eigenvalue weighted by Crippen LogP contribution is 2.38. The Kier molecular flexibility index (Phi) is 2.83. The van der Waals surface area contributed by atoms with Gasteiger partial charge in [-0.2, -0.15) is 5.26 Å². The van der Waals surface area contributed by atoms with E-state index in [0.717, 1.165) is 29.8 Å². The van der Waals surface area contributed by atoms with Crippen molar-refractivity contribution in [3.8, 4) is 11.8 Å². The molecule has 0 unspecified atom stereocenters. The molecule has 1 heterocycles. The lowest BCUT2D eigenvalue weighted by molar-refractivity contribution is 0.402. The largest absolute Gasteiger partial charge is 0.216 e. The summed E-state index contributed by atoms with van der Waals surface area (Å²) in [5.74, 6) is 0.435. The highest BCUT2D eigenvalue weighted by molar-refractivity contribution is 5.45. The minimum Gasteiger partial charge on any atom is -0.216 e. The fourth-order valence-corrected chi connectivity index (χ4v) is 2.54. The summed E-state index contributed by atoms with van der Waals surface area (Å²) in [4.78, 5) is 0. The Hall–Kier alpha value is -2.15. The van der Waals surface area contributed by atoms with Crippen molar-refractivity contribution in [1.29, 1.82) is 5.26 Å². The Morgan fingerprint density at radius 2 is 2.11 bits per heavy atom. The van der Waals surface area contributed by atoms with Gasteiger partial charge in [-0.3, -0.25) is 0 Å². The summed E-state index contributed by atoms with van der Waals surface area (Å²) in [5.41, 5.74) is 4.85. The molecule has 0 N–H and O–H groups in total. The molecule has 0 saturated heterocycles. The molecule has 1 aliphatic carbocycles. The van der Waals surface area contributed by atoms with Crippen molar-refractivity contribution in [1.82, 2.24) is 15.0 Å². The summed E-state index contributed by atoms with van der Waals surface area (Å²) < 4.78 is 1.87. The highest BCUT2D eigenvalue weighted by Gasteiger charge is 2.28. The van der Waals surface area contributed by atoms with E-state index in [-0.39, 0.29) is 0 Å². The second-order valence-corrected chi connectivity index (χ2v) is 5.26. The van der Waals surface area contributed by atoms with Crippen molar-refractivity contribution in [2.24, 2.45) is 0 Å². The van der Waals surface area contributed by atoms with Crippen molar-refractivity contribution in [3.05, 3.63) is 40.7 Å². The lowest BCUT2D eigenvalue weighted by Gasteiger charge is -2.26. The predicted molar refractivity (Wildman–Crippen MR) is 72.1 cm³/mol. The summed E-state index contributed by atoms with van der Waals surface area (Å²) in [6.45, 7) is 4.13. The van der Waals surface area contributed by atoms with Gasteiger partial charge in [-0.05, 0) is 43.9 Å².